The summed E-state index contributed by atoms with van der Waals surface area (Å²) in [6, 6.07) is -0.315. The van der Waals surface area contributed by atoms with E-state index in [1.807, 2.05) is 19.1 Å². The van der Waals surface area contributed by atoms with Crippen molar-refractivity contribution >= 4 is 12.3 Å². The molecule has 0 unspecified atom stereocenters. The number of nitrogens with one attached hydrogen (secondary N) is 1. The number of likely N-dealkylation sites (tertiary alicyclic amines) is 1. The van der Waals surface area contributed by atoms with Crippen LogP contribution in [0.25, 0.3) is 0 Å². The number of hydrogen-bond donors (Lipinski definition) is 1. The lowest BCUT2D eigenvalue weighted by Crippen LogP contribution is -2.51. The molecule has 0 saturated carbocycles. The zero-order valence-electron chi connectivity index (χ0n) is 13.4. The van der Waals surface area contributed by atoms with Crippen molar-refractivity contribution in [1.29, 1.82) is 0 Å². The summed E-state index contributed by atoms with van der Waals surface area (Å²) >= 11 is 0. The largest absolute Gasteiger partial charge is 0.348 e. The Morgan fingerprint density at radius 2 is 1.82 bits per heavy atom. The fourth-order valence-corrected chi connectivity index (χ4v) is 3.20. The second kappa shape index (κ2) is 7.78. The summed E-state index contributed by atoms with van der Waals surface area (Å²) in [4.78, 5) is 24.9. The van der Waals surface area contributed by atoms with Crippen LogP contribution in [0.3, 0.4) is 0 Å². The van der Waals surface area contributed by atoms with Crippen molar-refractivity contribution in [2.45, 2.75) is 44.2 Å². The summed E-state index contributed by atoms with van der Waals surface area (Å²) < 4.78 is 0. The smallest absolute Gasteiger partial charge is 0.243 e. The van der Waals surface area contributed by atoms with Gasteiger partial charge in [0.15, 0.2) is 0 Å². The molecule has 2 aliphatic rings. The van der Waals surface area contributed by atoms with Crippen LogP contribution in [-0.2, 0) is 9.59 Å². The third kappa shape index (κ3) is 3.75. The number of nitrogens with zero attached hydrogens (tertiary/aromatic N) is 1. The van der Waals surface area contributed by atoms with Gasteiger partial charge in [-0.25, -0.2) is 0 Å². The topological polar surface area (TPSA) is 49.4 Å². The number of allylic oxidation sites excluding steroid dienone is 2. The van der Waals surface area contributed by atoms with E-state index in [9.17, 15) is 9.59 Å². The Hall–Kier alpha value is -2.10. The van der Waals surface area contributed by atoms with Crippen molar-refractivity contribution in [3.63, 3.8) is 0 Å². The van der Waals surface area contributed by atoms with E-state index < -0.39 is 0 Å². The van der Waals surface area contributed by atoms with E-state index in [0.29, 0.717) is 6.54 Å². The summed E-state index contributed by atoms with van der Waals surface area (Å²) in [5, 5.41) is 3.11. The number of hydrogen-bond acceptors (Lipinski definition) is 2. The van der Waals surface area contributed by atoms with Gasteiger partial charge in [-0.05, 0) is 43.8 Å². The minimum Gasteiger partial charge on any atom is -0.348 e. The lowest BCUT2D eigenvalue weighted by atomic mass is 9.96. The third-order valence-corrected chi connectivity index (χ3v) is 4.22. The zero-order chi connectivity index (χ0) is 16.8. The molecule has 0 aromatic rings. The molecular formula is C18H26N2O2. The van der Waals surface area contributed by atoms with Gasteiger partial charge in [0, 0.05) is 12.1 Å². The average Bonchev–Trinajstić information content (AvgIpc) is 3.12. The van der Waals surface area contributed by atoms with Crippen molar-refractivity contribution < 1.29 is 9.59 Å². The fourth-order valence-electron chi connectivity index (χ4n) is 3.20. The lowest BCUT2D eigenvalue weighted by molar-refractivity contribution is -0.132. The summed E-state index contributed by atoms with van der Waals surface area (Å²) in [7, 11) is 0. The first kappa shape index (κ1) is 18.0. The molecule has 0 spiro atoms. The molecule has 1 N–H and O–H groups in total. The summed E-state index contributed by atoms with van der Waals surface area (Å²) in [6.07, 6.45) is 7.60. The van der Waals surface area contributed by atoms with Crippen molar-refractivity contribution in [3.05, 3.63) is 49.6 Å². The Bertz CT molecular complexity index is 473. The maximum atomic E-state index is 12.4. The zero-order valence-corrected chi connectivity index (χ0v) is 13.4. The predicted molar refractivity (Wildman–Crippen MR) is 90.2 cm³/mol. The molecule has 1 heterocycles. The standard InChI is InChI=1S/C16H22N2O2.C2H4/c1-4-12-9-16(3,10-13(12)5-2)17-15(20)14-7-6-8-18(14)11-19;1-2/h4-5,11,14H,1-2,6-10H2,3H3,(H,17,20);1-2H2/t14-;/m0./s1. The maximum absolute atomic E-state index is 12.4. The first-order valence-electron chi connectivity index (χ1n) is 7.53. The molecule has 0 radical (unpaired) electrons. The summed E-state index contributed by atoms with van der Waals surface area (Å²) in [5.74, 6) is -0.0502. The van der Waals surface area contributed by atoms with Crippen LogP contribution >= 0.6 is 0 Å². The van der Waals surface area contributed by atoms with E-state index in [1.165, 1.54) is 0 Å². The third-order valence-electron chi connectivity index (χ3n) is 4.22. The van der Waals surface area contributed by atoms with Gasteiger partial charge in [-0.2, -0.15) is 0 Å². The molecule has 1 aliphatic heterocycles. The van der Waals surface area contributed by atoms with Crippen LogP contribution in [0.2, 0.25) is 0 Å². The quantitative estimate of drug-likeness (QED) is 0.627. The molecule has 0 aromatic heterocycles. The Labute approximate surface area is 133 Å². The molecule has 1 aliphatic carbocycles. The molecule has 2 rings (SSSR count). The van der Waals surface area contributed by atoms with Crippen LogP contribution in [0.15, 0.2) is 49.6 Å². The van der Waals surface area contributed by atoms with Crippen LogP contribution < -0.4 is 5.32 Å². The maximum Gasteiger partial charge on any atom is 0.243 e. The SMILES string of the molecule is C=C.C=CC1=C(C=C)CC(C)(NC(=O)[C@@H]2CCCN2C=O)C1. The van der Waals surface area contributed by atoms with E-state index in [0.717, 1.165) is 43.2 Å². The van der Waals surface area contributed by atoms with Gasteiger partial charge >= 0.3 is 0 Å². The van der Waals surface area contributed by atoms with Crippen molar-refractivity contribution in [1.82, 2.24) is 10.2 Å². The molecule has 22 heavy (non-hydrogen) atoms. The number of amides is 2. The molecule has 1 atom stereocenters. The molecule has 1 fully saturated rings. The summed E-state index contributed by atoms with van der Waals surface area (Å²) in [5.41, 5.74) is 1.98. The van der Waals surface area contributed by atoms with Crippen LogP contribution in [0, 0.1) is 0 Å². The molecule has 1 saturated heterocycles. The molecule has 4 nitrogen and oxygen atoms in total. The molecule has 0 aromatic carbocycles. The monoisotopic (exact) mass is 302 g/mol. The van der Waals surface area contributed by atoms with Gasteiger partial charge in [0.1, 0.15) is 6.04 Å². The van der Waals surface area contributed by atoms with Gasteiger partial charge < -0.3 is 10.2 Å². The number of carbonyl (C=O) groups is 2. The Morgan fingerprint density at radius 1 is 1.27 bits per heavy atom. The highest BCUT2D eigenvalue weighted by atomic mass is 16.2. The van der Waals surface area contributed by atoms with Gasteiger partial charge in [-0.1, -0.05) is 25.3 Å². The second-order valence-corrected chi connectivity index (χ2v) is 5.86. The van der Waals surface area contributed by atoms with Crippen molar-refractivity contribution in [3.8, 4) is 0 Å². The van der Waals surface area contributed by atoms with Crippen LogP contribution in [0.5, 0.6) is 0 Å². The van der Waals surface area contributed by atoms with E-state index in [-0.39, 0.29) is 17.5 Å². The normalized spacial score (nSPS) is 22.6. The van der Waals surface area contributed by atoms with Crippen LogP contribution in [-0.4, -0.2) is 35.3 Å². The highest BCUT2D eigenvalue weighted by Crippen LogP contribution is 2.36. The van der Waals surface area contributed by atoms with Gasteiger partial charge in [-0.3, -0.25) is 9.59 Å². The van der Waals surface area contributed by atoms with Gasteiger partial charge in [-0.15, -0.1) is 13.2 Å². The molecule has 2 amide bonds. The van der Waals surface area contributed by atoms with Crippen LogP contribution in [0.1, 0.15) is 32.6 Å². The lowest BCUT2D eigenvalue weighted by Gasteiger charge is -2.29. The number of rotatable bonds is 5. The molecule has 4 heteroatoms. The Kier molecular flexibility index (Phi) is 6.35. The first-order valence-corrected chi connectivity index (χ1v) is 7.53. The highest BCUT2D eigenvalue weighted by Gasteiger charge is 2.38. The minimum absolute atomic E-state index is 0.0502. The highest BCUT2D eigenvalue weighted by molar-refractivity contribution is 5.85. The summed E-state index contributed by atoms with van der Waals surface area (Å²) in [6.45, 7) is 16.3. The van der Waals surface area contributed by atoms with Crippen molar-refractivity contribution in [2.24, 2.45) is 0 Å². The van der Waals surface area contributed by atoms with E-state index >= 15 is 0 Å². The van der Waals surface area contributed by atoms with Crippen LogP contribution in [0.4, 0.5) is 0 Å². The van der Waals surface area contributed by atoms with E-state index in [2.05, 4.69) is 31.6 Å². The number of carbonyl (C=O) groups excluding carboxylic acids is 2. The average molecular weight is 302 g/mol. The van der Waals surface area contributed by atoms with Crippen molar-refractivity contribution in [2.75, 3.05) is 6.54 Å². The fraction of sp³-hybridized carbons (Fsp3) is 0.444. The Morgan fingerprint density at radius 3 is 2.27 bits per heavy atom. The van der Waals surface area contributed by atoms with E-state index in [4.69, 9.17) is 0 Å². The molecule has 0 bridgehead atoms. The first-order chi connectivity index (χ1) is 10.5. The van der Waals surface area contributed by atoms with E-state index in [1.54, 1.807) is 4.90 Å². The van der Waals surface area contributed by atoms with Gasteiger partial charge in [0.05, 0.1) is 0 Å². The minimum atomic E-state index is -0.315. The molecular weight excluding hydrogens is 276 g/mol. The van der Waals surface area contributed by atoms with Gasteiger partial charge in [0.25, 0.3) is 0 Å². The Balaban J connectivity index is 0.00000116. The second-order valence-electron chi connectivity index (χ2n) is 5.86. The predicted octanol–water partition coefficient (Wildman–Crippen LogP) is 2.75. The van der Waals surface area contributed by atoms with Gasteiger partial charge in [0.2, 0.25) is 12.3 Å². The molecule has 120 valence electrons.